The molecule has 1 N–H and O–H groups in total. The van der Waals surface area contributed by atoms with E-state index < -0.39 is 33.8 Å². The molecule has 0 aromatic carbocycles. The molecule has 0 aliphatic carbocycles. The van der Waals surface area contributed by atoms with E-state index in [4.69, 9.17) is 12.3 Å². The van der Waals surface area contributed by atoms with Crippen molar-refractivity contribution in [3.8, 4) is 0 Å². The van der Waals surface area contributed by atoms with Crippen molar-refractivity contribution >= 4 is 39.7 Å². The minimum absolute atomic E-state index is 0.128. The minimum atomic E-state index is -3.04. The van der Waals surface area contributed by atoms with Gasteiger partial charge in [-0.3, -0.25) is 4.79 Å². The van der Waals surface area contributed by atoms with E-state index in [1.807, 2.05) is 6.92 Å². The summed E-state index contributed by atoms with van der Waals surface area (Å²) in [5.41, 5.74) is 0.495. The Hall–Kier alpha value is -0.0425. The highest BCUT2D eigenvalue weighted by molar-refractivity contribution is 6.90. The summed E-state index contributed by atoms with van der Waals surface area (Å²) in [6, 6.07) is 0.362. The number of nitrogens with one attached hydrogen (secondary N) is 1. The lowest BCUT2D eigenvalue weighted by Crippen LogP contribution is -2.60. The molecule has 0 aromatic heterocycles. The molecule has 0 bridgehead atoms. The van der Waals surface area contributed by atoms with Gasteiger partial charge in [0.1, 0.15) is 0 Å². The highest BCUT2D eigenvalue weighted by Gasteiger charge is 2.50. The largest absolute Gasteiger partial charge is 0.474 e. The van der Waals surface area contributed by atoms with Crippen molar-refractivity contribution in [1.82, 2.24) is 5.32 Å². The molecule has 0 aliphatic rings. The van der Waals surface area contributed by atoms with E-state index in [0.717, 1.165) is 6.42 Å². The zero-order valence-electron chi connectivity index (χ0n) is 18.0. The van der Waals surface area contributed by atoms with Crippen molar-refractivity contribution in [1.29, 1.82) is 0 Å². The first kappa shape index (κ1) is 25.0. The molecule has 25 heavy (non-hydrogen) atoms. The van der Waals surface area contributed by atoms with Crippen LogP contribution in [0.5, 0.6) is 0 Å². The van der Waals surface area contributed by atoms with Gasteiger partial charge in [-0.05, 0) is 65.3 Å². The van der Waals surface area contributed by atoms with Gasteiger partial charge in [0.15, 0.2) is 25.0 Å². The smallest absolute Gasteiger partial charge is 0.417 e. The first-order valence-electron chi connectivity index (χ1n) is 9.05. The first-order chi connectivity index (χ1) is 11.0. The van der Waals surface area contributed by atoms with Crippen LogP contribution in [-0.4, -0.2) is 46.2 Å². The Balaban J connectivity index is 5.72. The lowest BCUT2D eigenvalue weighted by Gasteiger charge is -2.43. The fraction of sp³-hybridized carbons (Fsp3) is 0.812. The monoisotopic (exact) mass is 421 g/mol. The standard InChI is InChI=1S/C16H39NO4Si4/c1-12-13-17-16(18)15(2)14-25(19-22(3,4)5,20-23(6,7)8)21-24(9,10)11/h2,12-14H2,1,3-11H3,(H,17,18). The Morgan fingerprint density at radius 1 is 0.840 bits per heavy atom. The van der Waals surface area contributed by atoms with E-state index in [1.54, 1.807) is 0 Å². The second-order valence-electron chi connectivity index (χ2n) is 9.36. The molecule has 0 aliphatic heterocycles. The van der Waals surface area contributed by atoms with Crippen LogP contribution in [0.15, 0.2) is 12.2 Å². The quantitative estimate of drug-likeness (QED) is 0.392. The van der Waals surface area contributed by atoms with Gasteiger partial charge in [0.25, 0.3) is 0 Å². The van der Waals surface area contributed by atoms with Crippen LogP contribution in [0.3, 0.4) is 0 Å². The SMILES string of the molecule is C=C(C[Si](O[Si](C)(C)C)(O[Si](C)(C)C)O[Si](C)(C)C)C(=O)NCCC. The highest BCUT2D eigenvalue weighted by Crippen LogP contribution is 2.31. The normalized spacial score (nSPS) is 13.7. The van der Waals surface area contributed by atoms with Crippen molar-refractivity contribution < 1.29 is 17.1 Å². The predicted molar refractivity (Wildman–Crippen MR) is 116 cm³/mol. The molecular weight excluding hydrogens is 383 g/mol. The summed E-state index contributed by atoms with van der Waals surface area (Å²) >= 11 is 0. The van der Waals surface area contributed by atoms with Crippen LogP contribution < -0.4 is 5.32 Å². The van der Waals surface area contributed by atoms with E-state index >= 15 is 0 Å². The third-order valence-electron chi connectivity index (χ3n) is 2.67. The van der Waals surface area contributed by atoms with E-state index in [2.05, 4.69) is 70.8 Å². The summed E-state index contributed by atoms with van der Waals surface area (Å²) in [5.74, 6) is -0.128. The summed E-state index contributed by atoms with van der Waals surface area (Å²) < 4.78 is 19.7. The van der Waals surface area contributed by atoms with Crippen LogP contribution in [-0.2, 0) is 17.1 Å². The number of hydrogen-bond acceptors (Lipinski definition) is 4. The lowest BCUT2D eigenvalue weighted by atomic mass is 10.3. The maximum atomic E-state index is 12.4. The van der Waals surface area contributed by atoms with Crippen molar-refractivity contribution in [3.05, 3.63) is 12.2 Å². The fourth-order valence-electron chi connectivity index (χ4n) is 2.28. The van der Waals surface area contributed by atoms with Crippen LogP contribution >= 0.6 is 0 Å². The second kappa shape index (κ2) is 9.24. The van der Waals surface area contributed by atoms with Gasteiger partial charge in [-0.15, -0.1) is 0 Å². The third-order valence-corrected chi connectivity index (χ3v) is 14.6. The van der Waals surface area contributed by atoms with Crippen LogP contribution in [0.25, 0.3) is 0 Å². The molecule has 0 saturated carbocycles. The molecule has 0 radical (unpaired) electrons. The molecule has 0 heterocycles. The van der Waals surface area contributed by atoms with Crippen molar-refractivity contribution in [3.63, 3.8) is 0 Å². The Kier molecular flexibility index (Phi) is 9.23. The van der Waals surface area contributed by atoms with Gasteiger partial charge in [-0.1, -0.05) is 13.5 Å². The second-order valence-corrected chi connectivity index (χ2v) is 26.2. The Morgan fingerprint density at radius 3 is 1.48 bits per heavy atom. The Morgan fingerprint density at radius 2 is 1.20 bits per heavy atom. The molecule has 0 unspecified atom stereocenters. The number of amides is 1. The molecule has 0 rings (SSSR count). The molecule has 0 spiro atoms. The third kappa shape index (κ3) is 12.1. The van der Waals surface area contributed by atoms with Gasteiger partial charge in [0, 0.05) is 18.2 Å². The van der Waals surface area contributed by atoms with Crippen LogP contribution in [0.2, 0.25) is 65.0 Å². The zero-order valence-corrected chi connectivity index (χ0v) is 22.0. The maximum absolute atomic E-state index is 12.4. The molecule has 5 nitrogen and oxygen atoms in total. The van der Waals surface area contributed by atoms with Gasteiger partial charge in [0.2, 0.25) is 5.91 Å². The van der Waals surface area contributed by atoms with E-state index in [-0.39, 0.29) is 5.91 Å². The van der Waals surface area contributed by atoms with Crippen LogP contribution in [0.4, 0.5) is 0 Å². The summed E-state index contributed by atoms with van der Waals surface area (Å²) in [5, 5.41) is 2.89. The minimum Gasteiger partial charge on any atom is -0.417 e. The van der Waals surface area contributed by atoms with E-state index in [1.165, 1.54) is 0 Å². The van der Waals surface area contributed by atoms with Gasteiger partial charge < -0.3 is 17.7 Å². The topological polar surface area (TPSA) is 56.8 Å². The molecule has 1 amide bonds. The molecule has 148 valence electrons. The average Bonchev–Trinajstić information content (AvgIpc) is 2.28. The zero-order chi connectivity index (χ0) is 20.1. The van der Waals surface area contributed by atoms with Crippen LogP contribution in [0.1, 0.15) is 13.3 Å². The molecule has 0 atom stereocenters. The number of carbonyl (C=O) groups excluding carboxylic acids is 1. The van der Waals surface area contributed by atoms with Gasteiger partial charge in [-0.2, -0.15) is 0 Å². The highest BCUT2D eigenvalue weighted by atomic mass is 28.5. The van der Waals surface area contributed by atoms with Crippen molar-refractivity contribution in [2.75, 3.05) is 6.54 Å². The summed E-state index contributed by atoms with van der Waals surface area (Å²) in [6.45, 7) is 25.9. The first-order valence-corrected chi connectivity index (χ1v) is 21.2. The average molecular weight is 422 g/mol. The molecule has 0 aromatic rings. The Bertz CT molecular complexity index is 423. The lowest BCUT2D eigenvalue weighted by molar-refractivity contribution is -0.117. The predicted octanol–water partition coefficient (Wildman–Crippen LogP) is 4.56. The maximum Gasteiger partial charge on any atom is 0.474 e. The molecule has 0 saturated heterocycles. The van der Waals surface area contributed by atoms with Crippen LogP contribution in [0, 0.1) is 0 Å². The molecule has 0 fully saturated rings. The van der Waals surface area contributed by atoms with Gasteiger partial charge in [-0.25, -0.2) is 0 Å². The number of carbonyl (C=O) groups is 1. The molecular formula is C16H39NO4Si4. The van der Waals surface area contributed by atoms with Crippen molar-refractivity contribution in [2.45, 2.75) is 78.3 Å². The van der Waals surface area contributed by atoms with Gasteiger partial charge >= 0.3 is 8.80 Å². The van der Waals surface area contributed by atoms with E-state index in [9.17, 15) is 4.79 Å². The molecule has 9 heteroatoms. The Labute approximate surface area is 159 Å². The number of hydrogen-bond donors (Lipinski definition) is 1. The van der Waals surface area contributed by atoms with Crippen molar-refractivity contribution in [2.24, 2.45) is 0 Å². The van der Waals surface area contributed by atoms with E-state index in [0.29, 0.717) is 18.2 Å². The number of rotatable bonds is 11. The summed E-state index contributed by atoms with van der Waals surface area (Å²) in [4.78, 5) is 12.4. The summed E-state index contributed by atoms with van der Waals surface area (Å²) in [7, 11) is -8.85. The fourth-order valence-corrected chi connectivity index (χ4v) is 16.6. The van der Waals surface area contributed by atoms with Gasteiger partial charge in [0.05, 0.1) is 0 Å². The summed E-state index contributed by atoms with van der Waals surface area (Å²) in [6.07, 6.45) is 0.893.